The molecule has 3 unspecified atom stereocenters. The molecule has 1 fully saturated rings. The fourth-order valence-electron chi connectivity index (χ4n) is 4.45. The average Bonchev–Trinajstić information content (AvgIpc) is 3.15. The summed E-state index contributed by atoms with van der Waals surface area (Å²) in [6.07, 6.45) is 1.52. The molecule has 0 spiro atoms. The van der Waals surface area contributed by atoms with E-state index in [2.05, 4.69) is 20.9 Å². The number of nitrogens with one attached hydrogen (secondary N) is 3. The van der Waals surface area contributed by atoms with E-state index in [1.165, 1.54) is 24.3 Å². The van der Waals surface area contributed by atoms with Crippen LogP contribution in [0.3, 0.4) is 0 Å². The van der Waals surface area contributed by atoms with Gasteiger partial charge in [0, 0.05) is 12.1 Å². The molecule has 1 aromatic heterocycles. The molecule has 5 N–H and O–H groups in total. The molecule has 2 amide bonds. The van der Waals surface area contributed by atoms with E-state index in [0.717, 1.165) is 17.7 Å². The zero-order valence-corrected chi connectivity index (χ0v) is 17.8. The van der Waals surface area contributed by atoms with Crippen LogP contribution in [0.2, 0.25) is 0 Å². The number of hydrogen-bond acceptors (Lipinski definition) is 5. The number of rotatable bonds is 5. The highest BCUT2D eigenvalue weighted by molar-refractivity contribution is 5.89. The Balaban J connectivity index is 1.35. The van der Waals surface area contributed by atoms with Gasteiger partial charge < -0.3 is 21.7 Å². The number of carbonyl (C=O) groups excluding carboxylic acids is 2. The van der Waals surface area contributed by atoms with Crippen molar-refractivity contribution in [1.82, 2.24) is 20.9 Å². The van der Waals surface area contributed by atoms with Crippen molar-refractivity contribution >= 4 is 17.6 Å². The van der Waals surface area contributed by atoms with Gasteiger partial charge in [0.2, 0.25) is 11.8 Å². The lowest BCUT2D eigenvalue weighted by atomic mass is 9.83. The van der Waals surface area contributed by atoms with Gasteiger partial charge in [-0.1, -0.05) is 18.2 Å². The van der Waals surface area contributed by atoms with E-state index in [-0.39, 0.29) is 24.8 Å². The van der Waals surface area contributed by atoms with Crippen LogP contribution in [0.5, 0.6) is 0 Å². The molecule has 4 rings (SSSR count). The van der Waals surface area contributed by atoms with Crippen molar-refractivity contribution in [2.24, 2.45) is 0 Å². The minimum absolute atomic E-state index is 0.0953. The minimum atomic E-state index is -1.74. The number of nitrogens with zero attached hydrogens (tertiary/aromatic N) is 1. The first-order valence-electron chi connectivity index (χ1n) is 10.8. The molecule has 9 heteroatoms. The first kappa shape index (κ1) is 22.1. The van der Waals surface area contributed by atoms with E-state index in [0.29, 0.717) is 24.3 Å². The van der Waals surface area contributed by atoms with Gasteiger partial charge in [0.25, 0.3) is 0 Å². The molecule has 32 heavy (non-hydrogen) atoms. The highest BCUT2D eigenvalue weighted by atomic mass is 19.1. The quantitative estimate of drug-likeness (QED) is 0.566. The molecule has 2 aromatic rings. The number of amides is 2. The molecule has 0 radical (unpaired) electrons. The Hall–Kier alpha value is -3.07. The van der Waals surface area contributed by atoms with E-state index in [4.69, 9.17) is 5.73 Å². The predicted octanol–water partition coefficient (Wildman–Crippen LogP) is 2.03. The Labute approximate surface area is 185 Å². The summed E-state index contributed by atoms with van der Waals surface area (Å²) in [6, 6.07) is 7.03. The van der Waals surface area contributed by atoms with E-state index >= 15 is 4.39 Å². The highest BCUT2D eigenvalue weighted by Crippen LogP contribution is 2.37. The normalized spacial score (nSPS) is 25.6. The van der Waals surface area contributed by atoms with Crippen LogP contribution in [0.25, 0.3) is 0 Å². The minimum Gasteiger partial charge on any atom is -0.384 e. The van der Waals surface area contributed by atoms with Gasteiger partial charge in [0.05, 0.1) is 12.1 Å². The molecular weight excluding hydrogens is 416 g/mol. The molecule has 2 aliphatic rings. The summed E-state index contributed by atoms with van der Waals surface area (Å²) in [7, 11) is 0. The number of nitrogens with two attached hydrogens (primary N) is 1. The van der Waals surface area contributed by atoms with E-state index in [1.807, 2.05) is 6.07 Å². The smallest absolute Gasteiger partial charge is 0.242 e. The molecule has 170 valence electrons. The monoisotopic (exact) mass is 443 g/mol. The predicted molar refractivity (Wildman–Crippen MR) is 116 cm³/mol. The lowest BCUT2D eigenvalue weighted by Crippen LogP contribution is -2.55. The summed E-state index contributed by atoms with van der Waals surface area (Å²) in [5.74, 6) is -0.767. The van der Waals surface area contributed by atoms with Gasteiger partial charge in [0.1, 0.15) is 23.3 Å². The van der Waals surface area contributed by atoms with Crippen LogP contribution >= 0.6 is 0 Å². The molecule has 4 atom stereocenters. The molecule has 2 heterocycles. The summed E-state index contributed by atoms with van der Waals surface area (Å²) >= 11 is 0. The van der Waals surface area contributed by atoms with Crippen LogP contribution in [0.1, 0.15) is 49.0 Å². The molecule has 1 aromatic carbocycles. The number of aromatic nitrogens is 1. The number of halogens is 2. The molecule has 0 bridgehead atoms. The first-order chi connectivity index (χ1) is 15.2. The fraction of sp³-hybridized carbons (Fsp3) is 0.435. The summed E-state index contributed by atoms with van der Waals surface area (Å²) in [6.45, 7) is 1.89. The van der Waals surface area contributed by atoms with Crippen molar-refractivity contribution in [1.29, 1.82) is 0 Å². The van der Waals surface area contributed by atoms with Gasteiger partial charge >= 0.3 is 0 Å². The number of carbonyl (C=O) groups is 2. The van der Waals surface area contributed by atoms with E-state index in [1.54, 1.807) is 13.0 Å². The highest BCUT2D eigenvalue weighted by Gasteiger charge is 2.41. The molecule has 1 saturated heterocycles. The lowest BCUT2D eigenvalue weighted by molar-refractivity contribution is -0.131. The topological polar surface area (TPSA) is 109 Å². The molecule has 1 aliphatic carbocycles. The second-order valence-corrected chi connectivity index (χ2v) is 8.54. The number of pyridine rings is 1. The number of anilines is 1. The number of aryl methyl sites for hydroxylation is 1. The SMILES string of the molecule is CC(NC(=O)[C@H]1CC(F)(c2ccc(F)cc2)CCN1)C(=O)NC1CCc2nc(N)ccc21. The van der Waals surface area contributed by atoms with Crippen LogP contribution in [0.4, 0.5) is 14.6 Å². The Morgan fingerprint density at radius 1 is 1.25 bits per heavy atom. The number of alkyl halides is 1. The van der Waals surface area contributed by atoms with Gasteiger partial charge in [-0.25, -0.2) is 13.8 Å². The maximum Gasteiger partial charge on any atom is 0.242 e. The maximum atomic E-state index is 15.5. The fourth-order valence-corrected chi connectivity index (χ4v) is 4.45. The van der Waals surface area contributed by atoms with Crippen molar-refractivity contribution in [3.63, 3.8) is 0 Å². The van der Waals surface area contributed by atoms with E-state index < -0.39 is 29.5 Å². The third-order valence-electron chi connectivity index (χ3n) is 6.26. The van der Waals surface area contributed by atoms with Crippen LogP contribution in [-0.2, 0) is 21.7 Å². The Kier molecular flexibility index (Phi) is 6.10. The number of benzene rings is 1. The zero-order chi connectivity index (χ0) is 22.9. The van der Waals surface area contributed by atoms with Crippen molar-refractivity contribution in [3.05, 3.63) is 59.0 Å². The van der Waals surface area contributed by atoms with Crippen LogP contribution < -0.4 is 21.7 Å². The second-order valence-electron chi connectivity index (χ2n) is 8.54. The van der Waals surface area contributed by atoms with Crippen LogP contribution in [0, 0.1) is 5.82 Å². The van der Waals surface area contributed by atoms with Crippen LogP contribution in [-0.4, -0.2) is 35.4 Å². The summed E-state index contributed by atoms with van der Waals surface area (Å²) < 4.78 is 28.7. The largest absolute Gasteiger partial charge is 0.384 e. The summed E-state index contributed by atoms with van der Waals surface area (Å²) in [4.78, 5) is 29.7. The van der Waals surface area contributed by atoms with Crippen molar-refractivity contribution in [2.45, 2.75) is 56.4 Å². The Morgan fingerprint density at radius 3 is 2.75 bits per heavy atom. The van der Waals surface area contributed by atoms with E-state index in [9.17, 15) is 14.0 Å². The molecular formula is C23H27F2N5O2. The van der Waals surface area contributed by atoms with Crippen molar-refractivity contribution < 1.29 is 18.4 Å². The number of nitrogen functional groups attached to an aromatic ring is 1. The zero-order valence-electron chi connectivity index (χ0n) is 17.8. The lowest BCUT2D eigenvalue weighted by Gasteiger charge is -2.35. The average molecular weight is 443 g/mol. The van der Waals surface area contributed by atoms with Crippen molar-refractivity contribution in [3.8, 4) is 0 Å². The standard InChI is InChI=1S/C23H27F2N5O2/c1-13(21(31)30-18-8-7-17-16(18)6-9-20(26)29-17)28-22(32)19-12-23(25,10-11-27-19)14-2-4-15(24)5-3-14/h2-6,9,13,18-19,27H,7-8,10-12H2,1H3,(H2,26,29)(H,28,32)(H,30,31)/t13?,18?,19-,23?/m1/s1. The second kappa shape index (κ2) is 8.82. The van der Waals surface area contributed by atoms with Gasteiger partial charge in [-0.2, -0.15) is 0 Å². The number of piperidine rings is 1. The molecule has 1 aliphatic heterocycles. The number of fused-ring (bicyclic) bond motifs is 1. The van der Waals surface area contributed by atoms with Gasteiger partial charge in [-0.3, -0.25) is 9.59 Å². The Bertz CT molecular complexity index is 1020. The maximum absolute atomic E-state index is 15.5. The third kappa shape index (κ3) is 4.57. The molecule has 0 saturated carbocycles. The Morgan fingerprint density at radius 2 is 2.00 bits per heavy atom. The summed E-state index contributed by atoms with van der Waals surface area (Å²) in [5, 5.41) is 8.64. The van der Waals surface area contributed by atoms with Crippen LogP contribution in [0.15, 0.2) is 36.4 Å². The first-order valence-corrected chi connectivity index (χ1v) is 10.8. The molecule has 7 nitrogen and oxygen atoms in total. The number of hydrogen-bond donors (Lipinski definition) is 4. The van der Waals surface area contributed by atoms with Gasteiger partial charge in [-0.15, -0.1) is 0 Å². The van der Waals surface area contributed by atoms with Gasteiger partial charge in [-0.05, 0) is 62.1 Å². The van der Waals surface area contributed by atoms with Crippen molar-refractivity contribution in [2.75, 3.05) is 12.3 Å². The van der Waals surface area contributed by atoms with Gasteiger partial charge in [0.15, 0.2) is 0 Å². The third-order valence-corrected chi connectivity index (χ3v) is 6.26. The summed E-state index contributed by atoms with van der Waals surface area (Å²) in [5.41, 5.74) is 6.13.